The molecule has 1 unspecified atom stereocenters. The molecular weight excluding hydrogens is 356 g/mol. The number of nitrogens with one attached hydrogen (secondary N) is 1. The van der Waals surface area contributed by atoms with Crippen LogP contribution in [0.4, 0.5) is 0 Å². The lowest BCUT2D eigenvalue weighted by Crippen LogP contribution is -2.34. The minimum atomic E-state index is 0. The van der Waals surface area contributed by atoms with Crippen LogP contribution in [-0.2, 0) is 11.3 Å². The van der Waals surface area contributed by atoms with Crippen molar-refractivity contribution >= 4 is 30.1 Å². The zero-order chi connectivity index (χ0) is 17.5. The molecule has 1 aromatic carbocycles. The molecule has 0 aromatic heterocycles. The van der Waals surface area contributed by atoms with E-state index in [9.17, 15) is 4.79 Å². The monoisotopic (exact) mass is 386 g/mol. The third-order valence-corrected chi connectivity index (χ3v) is 5.76. The Balaban J connectivity index is 0.00000312. The van der Waals surface area contributed by atoms with E-state index in [0.717, 1.165) is 29.3 Å². The molecule has 0 radical (unpaired) electrons. The number of hydrogen-bond acceptors (Lipinski definition) is 4. The van der Waals surface area contributed by atoms with Crippen LogP contribution in [0.25, 0.3) is 0 Å². The number of thioether (sulfide) groups is 1. The first-order chi connectivity index (χ1) is 11.5. The van der Waals surface area contributed by atoms with Crippen LogP contribution in [-0.4, -0.2) is 44.3 Å². The van der Waals surface area contributed by atoms with Gasteiger partial charge in [-0.3, -0.25) is 4.79 Å². The summed E-state index contributed by atoms with van der Waals surface area (Å²) in [6, 6.07) is 6.18. The predicted molar refractivity (Wildman–Crippen MR) is 108 cm³/mol. The third kappa shape index (κ3) is 6.39. The summed E-state index contributed by atoms with van der Waals surface area (Å²) in [7, 11) is 3.58. The molecule has 1 aromatic rings. The maximum Gasteiger partial charge on any atom is 0.222 e. The SMILES string of the molecule is COc1cc(CN(C)C(=O)CC(C)C2CCNCC2)ccc1SC.Cl. The predicted octanol–water partition coefficient (Wildman–Crippen LogP) is 3.82. The quantitative estimate of drug-likeness (QED) is 0.723. The second-order valence-corrected chi connectivity index (χ2v) is 7.56. The van der Waals surface area contributed by atoms with Gasteiger partial charge in [0.2, 0.25) is 5.91 Å². The average Bonchev–Trinajstić information content (AvgIpc) is 2.62. The van der Waals surface area contributed by atoms with E-state index in [1.165, 1.54) is 12.8 Å². The molecular formula is C19H31ClN2O2S. The summed E-state index contributed by atoms with van der Waals surface area (Å²) in [5.74, 6) is 2.23. The number of amides is 1. The lowest BCUT2D eigenvalue weighted by atomic mass is 9.84. The highest BCUT2D eigenvalue weighted by atomic mass is 35.5. The van der Waals surface area contributed by atoms with E-state index in [1.807, 2.05) is 24.3 Å². The first-order valence-electron chi connectivity index (χ1n) is 8.70. The molecule has 1 fully saturated rings. The zero-order valence-corrected chi connectivity index (χ0v) is 17.3. The third-order valence-electron chi connectivity index (χ3n) is 4.98. The van der Waals surface area contributed by atoms with Gasteiger partial charge in [0.25, 0.3) is 0 Å². The van der Waals surface area contributed by atoms with Gasteiger partial charge in [0, 0.05) is 24.9 Å². The Kier molecular flexibility index (Phi) is 9.69. The fraction of sp³-hybridized carbons (Fsp3) is 0.632. The highest BCUT2D eigenvalue weighted by Crippen LogP contribution is 2.29. The van der Waals surface area contributed by atoms with Gasteiger partial charge in [-0.15, -0.1) is 24.2 Å². The molecule has 2 rings (SSSR count). The molecule has 1 amide bonds. The van der Waals surface area contributed by atoms with E-state index >= 15 is 0 Å². The average molecular weight is 387 g/mol. The first-order valence-corrected chi connectivity index (χ1v) is 9.93. The molecule has 4 nitrogen and oxygen atoms in total. The van der Waals surface area contributed by atoms with Crippen LogP contribution < -0.4 is 10.1 Å². The molecule has 6 heteroatoms. The normalized spacial score (nSPS) is 16.0. The van der Waals surface area contributed by atoms with Crippen LogP contribution in [0.15, 0.2) is 23.1 Å². The summed E-state index contributed by atoms with van der Waals surface area (Å²) in [4.78, 5) is 15.5. The number of carbonyl (C=O) groups excluding carboxylic acids is 1. The van der Waals surface area contributed by atoms with Crippen molar-refractivity contribution in [1.82, 2.24) is 10.2 Å². The van der Waals surface area contributed by atoms with Gasteiger partial charge in [0.1, 0.15) is 5.75 Å². The Morgan fingerprint density at radius 3 is 2.68 bits per heavy atom. The Bertz CT molecular complexity index is 550. The summed E-state index contributed by atoms with van der Waals surface area (Å²) in [5.41, 5.74) is 1.11. The van der Waals surface area contributed by atoms with Crippen molar-refractivity contribution in [3.63, 3.8) is 0 Å². The molecule has 0 bridgehead atoms. The van der Waals surface area contributed by atoms with Crippen molar-refractivity contribution in [2.45, 2.75) is 37.6 Å². The molecule has 0 saturated carbocycles. The highest BCUT2D eigenvalue weighted by molar-refractivity contribution is 7.98. The van der Waals surface area contributed by atoms with E-state index in [0.29, 0.717) is 24.8 Å². The Hall–Kier alpha value is -0.910. The van der Waals surface area contributed by atoms with Crippen molar-refractivity contribution in [3.05, 3.63) is 23.8 Å². The second kappa shape index (κ2) is 10.9. The fourth-order valence-corrected chi connectivity index (χ4v) is 3.90. The highest BCUT2D eigenvalue weighted by Gasteiger charge is 2.23. The van der Waals surface area contributed by atoms with Gasteiger partial charge < -0.3 is 15.0 Å². The molecule has 25 heavy (non-hydrogen) atoms. The van der Waals surface area contributed by atoms with Crippen LogP contribution in [0.1, 0.15) is 31.7 Å². The van der Waals surface area contributed by atoms with Crippen LogP contribution in [0.5, 0.6) is 5.75 Å². The molecule has 1 heterocycles. The number of piperidine rings is 1. The Morgan fingerprint density at radius 1 is 1.40 bits per heavy atom. The molecule has 1 N–H and O–H groups in total. The molecule has 1 atom stereocenters. The van der Waals surface area contributed by atoms with Crippen molar-refractivity contribution in [1.29, 1.82) is 0 Å². The van der Waals surface area contributed by atoms with Gasteiger partial charge in [0.15, 0.2) is 0 Å². The lowest BCUT2D eigenvalue weighted by molar-refractivity contribution is -0.131. The van der Waals surface area contributed by atoms with E-state index < -0.39 is 0 Å². The Morgan fingerprint density at radius 2 is 2.08 bits per heavy atom. The number of rotatable bonds is 7. The number of nitrogens with zero attached hydrogens (tertiary/aromatic N) is 1. The van der Waals surface area contributed by atoms with E-state index in [-0.39, 0.29) is 18.3 Å². The minimum absolute atomic E-state index is 0. The van der Waals surface area contributed by atoms with E-state index in [2.05, 4.69) is 24.4 Å². The Labute approximate surface area is 162 Å². The van der Waals surface area contributed by atoms with Crippen molar-refractivity contribution < 1.29 is 9.53 Å². The topological polar surface area (TPSA) is 41.6 Å². The summed E-state index contributed by atoms with van der Waals surface area (Å²) in [5, 5.41) is 3.39. The minimum Gasteiger partial charge on any atom is -0.496 e. The first kappa shape index (κ1) is 22.1. The van der Waals surface area contributed by atoms with Gasteiger partial charge in [-0.05, 0) is 61.7 Å². The maximum absolute atomic E-state index is 12.6. The van der Waals surface area contributed by atoms with Gasteiger partial charge in [-0.2, -0.15) is 0 Å². The van der Waals surface area contributed by atoms with Crippen LogP contribution in [0.3, 0.4) is 0 Å². The zero-order valence-electron chi connectivity index (χ0n) is 15.7. The lowest BCUT2D eigenvalue weighted by Gasteiger charge is -2.29. The largest absolute Gasteiger partial charge is 0.496 e. The summed E-state index contributed by atoms with van der Waals surface area (Å²) >= 11 is 1.67. The summed E-state index contributed by atoms with van der Waals surface area (Å²) < 4.78 is 5.43. The summed E-state index contributed by atoms with van der Waals surface area (Å²) in [6.07, 6.45) is 5.05. The van der Waals surface area contributed by atoms with E-state index in [4.69, 9.17) is 4.74 Å². The van der Waals surface area contributed by atoms with Gasteiger partial charge >= 0.3 is 0 Å². The molecule has 0 aliphatic carbocycles. The standard InChI is InChI=1S/C19H30N2O2S.ClH/c1-14(16-7-9-20-10-8-16)11-19(22)21(2)13-15-5-6-18(24-4)17(12-15)23-3;/h5-6,12,14,16,20H,7-11,13H2,1-4H3;1H. The van der Waals surface area contributed by atoms with Crippen LogP contribution in [0.2, 0.25) is 0 Å². The smallest absolute Gasteiger partial charge is 0.222 e. The number of carbonyl (C=O) groups is 1. The van der Waals surface area contributed by atoms with Gasteiger partial charge in [-0.25, -0.2) is 0 Å². The van der Waals surface area contributed by atoms with Crippen LogP contribution >= 0.6 is 24.2 Å². The number of methoxy groups -OCH3 is 1. The van der Waals surface area contributed by atoms with Crippen LogP contribution in [0, 0.1) is 11.8 Å². The molecule has 1 aliphatic rings. The van der Waals surface area contributed by atoms with E-state index in [1.54, 1.807) is 18.9 Å². The van der Waals surface area contributed by atoms with Gasteiger partial charge in [0.05, 0.1) is 7.11 Å². The number of halogens is 1. The molecule has 0 spiro atoms. The number of ether oxygens (including phenoxy) is 1. The number of benzene rings is 1. The molecule has 1 saturated heterocycles. The van der Waals surface area contributed by atoms with Crippen molar-refractivity contribution in [2.75, 3.05) is 33.5 Å². The second-order valence-electron chi connectivity index (χ2n) is 6.71. The maximum atomic E-state index is 12.6. The van der Waals surface area contributed by atoms with Gasteiger partial charge in [-0.1, -0.05) is 13.0 Å². The molecule has 142 valence electrons. The van der Waals surface area contributed by atoms with Crippen molar-refractivity contribution in [2.24, 2.45) is 11.8 Å². The van der Waals surface area contributed by atoms with Crippen molar-refractivity contribution in [3.8, 4) is 5.75 Å². The summed E-state index contributed by atoms with van der Waals surface area (Å²) in [6.45, 7) is 5.02. The fourth-order valence-electron chi connectivity index (χ4n) is 3.35. The molecule has 1 aliphatic heterocycles. The number of hydrogen-bond donors (Lipinski definition) is 1.